The maximum atomic E-state index is 6.37. The van der Waals surface area contributed by atoms with Crippen molar-refractivity contribution in [2.24, 2.45) is 0 Å². The van der Waals surface area contributed by atoms with Gasteiger partial charge in [0, 0.05) is 18.4 Å². The van der Waals surface area contributed by atoms with Gasteiger partial charge in [0.05, 0.1) is 6.61 Å². The van der Waals surface area contributed by atoms with Crippen molar-refractivity contribution in [1.82, 2.24) is 0 Å². The van der Waals surface area contributed by atoms with Gasteiger partial charge in [-0.25, -0.2) is 0 Å². The van der Waals surface area contributed by atoms with Crippen molar-refractivity contribution >= 4 is 8.32 Å². The van der Waals surface area contributed by atoms with Crippen LogP contribution < -0.4 is 4.74 Å². The predicted octanol–water partition coefficient (Wildman–Crippen LogP) is 5.67. The van der Waals surface area contributed by atoms with Gasteiger partial charge in [-0.2, -0.15) is 0 Å². The van der Waals surface area contributed by atoms with Gasteiger partial charge in [-0.05, 0) is 25.2 Å². The normalized spacial score (nSPS) is 20.0. The molecule has 0 aliphatic carbocycles. The molecule has 0 spiro atoms. The molecule has 1 aromatic carbocycles. The first-order valence-electron chi connectivity index (χ1n) is 9.05. The lowest BCUT2D eigenvalue weighted by Gasteiger charge is -2.42. The molecule has 1 atom stereocenters. The van der Waals surface area contributed by atoms with Crippen molar-refractivity contribution in [3.63, 3.8) is 0 Å². The molecule has 1 aromatic rings. The smallest absolute Gasteiger partial charge is 0.210 e. The fourth-order valence-corrected chi connectivity index (χ4v) is 5.00. The Hall–Kier alpha value is -0.843. The molecule has 0 saturated carbocycles. The number of ether oxygens (including phenoxy) is 2. The van der Waals surface area contributed by atoms with E-state index in [4.69, 9.17) is 13.9 Å². The molecule has 4 heteroatoms. The molecule has 3 nitrogen and oxygen atoms in total. The highest BCUT2D eigenvalue weighted by Gasteiger charge is 2.40. The Labute approximate surface area is 142 Å². The molecule has 0 fully saturated rings. The largest absolute Gasteiger partial charge is 0.462 e. The van der Waals surface area contributed by atoms with Crippen LogP contribution >= 0.6 is 0 Å². The van der Waals surface area contributed by atoms with Crippen LogP contribution in [0.4, 0.5) is 0 Å². The summed E-state index contributed by atoms with van der Waals surface area (Å²) >= 11 is 0. The van der Waals surface area contributed by atoms with Crippen LogP contribution in [0.2, 0.25) is 19.1 Å². The molecule has 23 heavy (non-hydrogen) atoms. The predicted molar refractivity (Wildman–Crippen MR) is 97.4 cm³/mol. The summed E-state index contributed by atoms with van der Waals surface area (Å²) in [5.74, 6) is 0.432. The zero-order valence-corrected chi connectivity index (χ0v) is 16.4. The maximum absolute atomic E-state index is 6.37. The van der Waals surface area contributed by atoms with Gasteiger partial charge in [-0.15, -0.1) is 0 Å². The van der Waals surface area contributed by atoms with E-state index < -0.39 is 14.1 Å². The summed E-state index contributed by atoms with van der Waals surface area (Å²) in [5.41, 5.74) is 1.12. The fourth-order valence-electron chi connectivity index (χ4n) is 3.05. The van der Waals surface area contributed by atoms with Crippen molar-refractivity contribution in [2.75, 3.05) is 6.61 Å². The average molecular weight is 337 g/mol. The van der Waals surface area contributed by atoms with Crippen molar-refractivity contribution < 1.29 is 13.9 Å². The molecular weight excluding hydrogens is 304 g/mol. The van der Waals surface area contributed by atoms with Crippen molar-refractivity contribution in [3.8, 4) is 5.75 Å². The number of benzene rings is 1. The highest BCUT2D eigenvalue weighted by Crippen LogP contribution is 2.42. The number of hydrogen-bond donors (Lipinski definition) is 0. The SMILES string of the molecule is CCCC[Si](C)(C)OCC1OC(CC)(CC)Oc2ccccc21. The third-order valence-electron chi connectivity index (χ3n) is 4.75. The highest BCUT2D eigenvalue weighted by atomic mass is 28.4. The lowest BCUT2D eigenvalue weighted by molar-refractivity contribution is -0.238. The summed E-state index contributed by atoms with van der Waals surface area (Å²) in [5, 5.41) is 0. The van der Waals surface area contributed by atoms with Crippen LogP contribution in [0.25, 0.3) is 0 Å². The van der Waals surface area contributed by atoms with Gasteiger partial charge in [0.15, 0.2) is 8.32 Å². The molecule has 0 aromatic heterocycles. The first-order chi connectivity index (χ1) is 11.0. The van der Waals surface area contributed by atoms with Gasteiger partial charge in [-0.1, -0.05) is 51.8 Å². The Kier molecular flexibility index (Phi) is 6.29. The zero-order valence-electron chi connectivity index (χ0n) is 15.4. The average Bonchev–Trinajstić information content (AvgIpc) is 2.57. The summed E-state index contributed by atoms with van der Waals surface area (Å²) in [6.45, 7) is 11.7. The first-order valence-corrected chi connectivity index (χ1v) is 12.2. The minimum absolute atomic E-state index is 0.0340. The van der Waals surface area contributed by atoms with Crippen molar-refractivity contribution in [2.45, 2.75) is 77.5 Å². The van der Waals surface area contributed by atoms with Crippen LogP contribution in [0.3, 0.4) is 0 Å². The molecular formula is C19H32O3Si. The third-order valence-corrected chi connectivity index (χ3v) is 7.26. The van der Waals surface area contributed by atoms with Gasteiger partial charge in [-0.3, -0.25) is 0 Å². The van der Waals surface area contributed by atoms with Crippen LogP contribution in [-0.4, -0.2) is 20.7 Å². The lowest BCUT2D eigenvalue weighted by Crippen LogP contribution is -2.44. The minimum Gasteiger partial charge on any atom is -0.462 e. The second-order valence-corrected chi connectivity index (χ2v) is 11.3. The lowest BCUT2D eigenvalue weighted by atomic mass is 10.0. The van der Waals surface area contributed by atoms with E-state index in [1.807, 2.05) is 18.2 Å². The molecule has 0 N–H and O–H groups in total. The van der Waals surface area contributed by atoms with Gasteiger partial charge in [0.2, 0.25) is 5.79 Å². The van der Waals surface area contributed by atoms with Crippen molar-refractivity contribution in [1.29, 1.82) is 0 Å². The Balaban J connectivity index is 2.13. The van der Waals surface area contributed by atoms with Crippen LogP contribution in [0.1, 0.15) is 58.1 Å². The molecule has 1 unspecified atom stereocenters. The van der Waals surface area contributed by atoms with E-state index in [-0.39, 0.29) is 6.10 Å². The fraction of sp³-hybridized carbons (Fsp3) is 0.684. The van der Waals surface area contributed by atoms with Gasteiger partial charge in [0.1, 0.15) is 11.9 Å². The Morgan fingerprint density at radius 2 is 1.83 bits per heavy atom. The molecule has 1 heterocycles. The quantitative estimate of drug-likeness (QED) is 0.572. The zero-order chi connectivity index (χ0) is 16.9. The van der Waals surface area contributed by atoms with Crippen LogP contribution in [-0.2, 0) is 9.16 Å². The van der Waals surface area contributed by atoms with Crippen molar-refractivity contribution in [3.05, 3.63) is 29.8 Å². The summed E-state index contributed by atoms with van der Waals surface area (Å²) in [4.78, 5) is 0. The summed E-state index contributed by atoms with van der Waals surface area (Å²) in [6.07, 6.45) is 4.12. The number of hydrogen-bond acceptors (Lipinski definition) is 3. The Morgan fingerprint density at radius 1 is 1.13 bits per heavy atom. The first kappa shape index (κ1) is 18.5. The third kappa shape index (κ3) is 4.58. The standard InChI is InChI=1S/C19H32O3Si/c1-6-9-14-23(4,5)20-15-18-16-12-10-11-13-17(16)21-19(7-2,8-3)22-18/h10-13,18H,6-9,14-15H2,1-5H3. The number of fused-ring (bicyclic) bond motifs is 1. The molecule has 0 saturated heterocycles. The molecule has 0 amide bonds. The van der Waals surface area contributed by atoms with E-state index in [0.29, 0.717) is 6.61 Å². The molecule has 0 bridgehead atoms. The van der Waals surface area contributed by atoms with E-state index in [2.05, 4.69) is 39.9 Å². The van der Waals surface area contributed by atoms with E-state index in [1.54, 1.807) is 0 Å². The molecule has 130 valence electrons. The van der Waals surface area contributed by atoms with Crippen LogP contribution in [0, 0.1) is 0 Å². The summed E-state index contributed by atoms with van der Waals surface area (Å²) < 4.78 is 18.9. The number of rotatable bonds is 8. The van der Waals surface area contributed by atoms with E-state index in [1.165, 1.54) is 18.9 Å². The molecule has 1 aliphatic rings. The second-order valence-electron chi connectivity index (χ2n) is 7.04. The molecule has 1 aliphatic heterocycles. The Bertz CT molecular complexity index is 497. The molecule has 0 radical (unpaired) electrons. The summed E-state index contributed by atoms with van der Waals surface area (Å²) in [6, 6.07) is 9.42. The maximum Gasteiger partial charge on any atom is 0.210 e. The highest BCUT2D eigenvalue weighted by molar-refractivity contribution is 6.71. The monoisotopic (exact) mass is 336 g/mol. The van der Waals surface area contributed by atoms with Crippen LogP contribution in [0.15, 0.2) is 24.3 Å². The van der Waals surface area contributed by atoms with Crippen LogP contribution in [0.5, 0.6) is 5.75 Å². The second kappa shape index (κ2) is 7.82. The number of unbranched alkanes of at least 4 members (excludes halogenated alkanes) is 1. The van der Waals surface area contributed by atoms with Gasteiger partial charge < -0.3 is 13.9 Å². The summed E-state index contributed by atoms with van der Waals surface area (Å²) in [7, 11) is -1.62. The Morgan fingerprint density at radius 3 is 2.48 bits per heavy atom. The minimum atomic E-state index is -1.62. The topological polar surface area (TPSA) is 27.7 Å². The van der Waals surface area contributed by atoms with Gasteiger partial charge >= 0.3 is 0 Å². The van der Waals surface area contributed by atoms with E-state index >= 15 is 0 Å². The van der Waals surface area contributed by atoms with E-state index in [0.717, 1.165) is 24.2 Å². The number of para-hydroxylation sites is 1. The molecule has 2 rings (SSSR count). The van der Waals surface area contributed by atoms with Gasteiger partial charge in [0.25, 0.3) is 0 Å². The van der Waals surface area contributed by atoms with E-state index in [9.17, 15) is 0 Å².